The minimum absolute atomic E-state index is 0.00454. The van der Waals surface area contributed by atoms with Gasteiger partial charge in [-0.1, -0.05) is 25.1 Å². The number of hydrogen-bond acceptors (Lipinski definition) is 3. The van der Waals surface area contributed by atoms with Crippen LogP contribution in [0.1, 0.15) is 61.8 Å². The Kier molecular flexibility index (Phi) is 6.68. The van der Waals surface area contributed by atoms with E-state index in [4.69, 9.17) is 5.73 Å². The molecule has 1 amide bonds. The number of likely N-dealkylation sites (tertiary alicyclic amines) is 1. The summed E-state index contributed by atoms with van der Waals surface area (Å²) in [6, 6.07) is 10.5. The summed E-state index contributed by atoms with van der Waals surface area (Å²) in [6.45, 7) is 4.39. The van der Waals surface area contributed by atoms with E-state index in [1.807, 2.05) is 0 Å². The fourth-order valence-corrected chi connectivity index (χ4v) is 4.96. The lowest BCUT2D eigenvalue weighted by atomic mass is 9.87. The van der Waals surface area contributed by atoms with Crippen molar-refractivity contribution in [2.24, 2.45) is 5.73 Å². The van der Waals surface area contributed by atoms with Crippen molar-refractivity contribution in [3.63, 3.8) is 0 Å². The fourth-order valence-electron chi connectivity index (χ4n) is 4.96. The van der Waals surface area contributed by atoms with Crippen molar-refractivity contribution in [1.29, 1.82) is 0 Å². The molecule has 6 heteroatoms. The lowest BCUT2D eigenvalue weighted by Crippen LogP contribution is -2.47. The third-order valence-corrected chi connectivity index (χ3v) is 6.65. The van der Waals surface area contributed by atoms with Gasteiger partial charge in [0, 0.05) is 49.9 Å². The summed E-state index contributed by atoms with van der Waals surface area (Å²) in [6.07, 6.45) is 5.25. The van der Waals surface area contributed by atoms with Crippen molar-refractivity contribution in [3.8, 4) is 0 Å². The predicted molar refractivity (Wildman–Crippen MR) is 119 cm³/mol. The van der Waals surface area contributed by atoms with Crippen LogP contribution in [0, 0.1) is 11.6 Å². The summed E-state index contributed by atoms with van der Waals surface area (Å²) >= 11 is 0. The first-order chi connectivity index (χ1) is 15.0. The number of hydrogen-bond donors (Lipinski definition) is 1. The van der Waals surface area contributed by atoms with Crippen molar-refractivity contribution in [1.82, 2.24) is 4.90 Å². The summed E-state index contributed by atoms with van der Waals surface area (Å²) in [4.78, 5) is 16.7. The summed E-state index contributed by atoms with van der Waals surface area (Å²) < 4.78 is 27.2. The van der Waals surface area contributed by atoms with Crippen LogP contribution in [-0.4, -0.2) is 29.9 Å². The van der Waals surface area contributed by atoms with E-state index in [1.54, 1.807) is 11.8 Å². The molecule has 2 aliphatic rings. The van der Waals surface area contributed by atoms with Gasteiger partial charge >= 0.3 is 0 Å². The summed E-state index contributed by atoms with van der Waals surface area (Å²) in [7, 11) is 0. The van der Waals surface area contributed by atoms with E-state index in [1.165, 1.54) is 22.8 Å². The Labute approximate surface area is 183 Å². The summed E-state index contributed by atoms with van der Waals surface area (Å²) in [5, 5.41) is 0. The molecule has 1 saturated heterocycles. The Bertz CT molecular complexity index is 940. The number of fused-ring (bicyclic) bond motifs is 1. The van der Waals surface area contributed by atoms with Crippen LogP contribution < -0.4 is 10.6 Å². The molecule has 2 aromatic rings. The van der Waals surface area contributed by atoms with Gasteiger partial charge in [-0.25, -0.2) is 8.78 Å². The van der Waals surface area contributed by atoms with Gasteiger partial charge < -0.3 is 10.6 Å². The lowest BCUT2D eigenvalue weighted by Gasteiger charge is -2.38. The Hall–Kier alpha value is -2.31. The monoisotopic (exact) mass is 427 g/mol. The van der Waals surface area contributed by atoms with Gasteiger partial charge in [0.15, 0.2) is 11.6 Å². The lowest BCUT2D eigenvalue weighted by molar-refractivity contribution is -0.119. The number of rotatable bonds is 5. The number of nitrogens with zero attached hydrogens (tertiary/aromatic N) is 2. The smallest absolute Gasteiger partial charge is 0.226 e. The van der Waals surface area contributed by atoms with Crippen LogP contribution in [0.3, 0.4) is 0 Å². The maximum absolute atomic E-state index is 13.8. The van der Waals surface area contributed by atoms with Gasteiger partial charge in [-0.2, -0.15) is 0 Å². The maximum Gasteiger partial charge on any atom is 0.226 e. The third-order valence-electron chi connectivity index (χ3n) is 6.65. The van der Waals surface area contributed by atoms with Crippen LogP contribution >= 0.6 is 0 Å². The number of aryl methyl sites for hydroxylation is 1. The molecule has 1 aliphatic heterocycles. The highest BCUT2D eigenvalue weighted by Crippen LogP contribution is 2.30. The molecular formula is C25H31F2N3O. The van der Waals surface area contributed by atoms with Gasteiger partial charge in [0.1, 0.15) is 0 Å². The highest BCUT2D eigenvalue weighted by molar-refractivity contribution is 5.93. The molecule has 1 fully saturated rings. The number of nitrogens with two attached hydrogens (primary N) is 1. The Balaban J connectivity index is 1.42. The zero-order chi connectivity index (χ0) is 22.0. The highest BCUT2D eigenvalue weighted by Gasteiger charge is 2.29. The van der Waals surface area contributed by atoms with Gasteiger partial charge in [-0.3, -0.25) is 9.69 Å². The topological polar surface area (TPSA) is 49.6 Å². The number of piperidine rings is 1. The molecule has 0 aromatic heterocycles. The van der Waals surface area contributed by atoms with Crippen molar-refractivity contribution in [2.75, 3.05) is 18.0 Å². The van der Waals surface area contributed by atoms with Gasteiger partial charge in [-0.05, 0) is 60.9 Å². The molecule has 0 saturated carbocycles. The molecule has 2 N–H and O–H groups in total. The van der Waals surface area contributed by atoms with Gasteiger partial charge in [-0.15, -0.1) is 0 Å². The predicted octanol–water partition coefficient (Wildman–Crippen LogP) is 4.71. The molecule has 31 heavy (non-hydrogen) atoms. The van der Waals surface area contributed by atoms with E-state index < -0.39 is 11.6 Å². The Morgan fingerprint density at radius 1 is 1.10 bits per heavy atom. The first kappa shape index (κ1) is 21.9. The van der Waals surface area contributed by atoms with E-state index >= 15 is 0 Å². The minimum Gasteiger partial charge on any atom is -0.324 e. The SMILES string of the molecule is CCC(=O)N(c1ccc(F)c(F)c1)C1CCN(Cc2ccc3c(c2)CCC[C@H]3N)CC1. The Morgan fingerprint density at radius 2 is 1.87 bits per heavy atom. The van der Waals surface area contributed by atoms with Crippen molar-refractivity contribution >= 4 is 11.6 Å². The largest absolute Gasteiger partial charge is 0.324 e. The number of benzene rings is 2. The summed E-state index contributed by atoms with van der Waals surface area (Å²) in [5.74, 6) is -1.88. The van der Waals surface area contributed by atoms with E-state index in [9.17, 15) is 13.6 Å². The third kappa shape index (κ3) is 4.80. The maximum atomic E-state index is 13.8. The zero-order valence-corrected chi connectivity index (χ0v) is 18.1. The number of halogens is 2. The molecule has 0 spiro atoms. The molecular weight excluding hydrogens is 396 g/mol. The van der Waals surface area contributed by atoms with E-state index in [2.05, 4.69) is 23.1 Å². The molecule has 4 nitrogen and oxygen atoms in total. The quantitative estimate of drug-likeness (QED) is 0.752. The fraction of sp³-hybridized carbons (Fsp3) is 0.480. The molecule has 1 atom stereocenters. The molecule has 0 bridgehead atoms. The number of anilines is 1. The van der Waals surface area contributed by atoms with Crippen LogP contribution in [0.15, 0.2) is 36.4 Å². The number of carbonyl (C=O) groups excluding carboxylic acids is 1. The van der Waals surface area contributed by atoms with Crippen LogP contribution in [0.25, 0.3) is 0 Å². The molecule has 1 heterocycles. The summed E-state index contributed by atoms with van der Waals surface area (Å²) in [5.41, 5.74) is 10.6. The molecule has 2 aromatic carbocycles. The highest BCUT2D eigenvalue weighted by atomic mass is 19.2. The molecule has 0 unspecified atom stereocenters. The average molecular weight is 428 g/mol. The zero-order valence-electron chi connectivity index (χ0n) is 18.1. The van der Waals surface area contributed by atoms with Gasteiger partial charge in [0.2, 0.25) is 5.91 Å². The van der Waals surface area contributed by atoms with Gasteiger partial charge in [0.05, 0.1) is 0 Å². The molecule has 1 aliphatic carbocycles. The Morgan fingerprint density at radius 3 is 2.58 bits per heavy atom. The number of amides is 1. The van der Waals surface area contributed by atoms with Crippen molar-refractivity contribution < 1.29 is 13.6 Å². The van der Waals surface area contributed by atoms with Crippen LogP contribution in [-0.2, 0) is 17.8 Å². The second kappa shape index (κ2) is 9.45. The standard InChI is InChI=1S/C25H31F2N3O/c1-2-25(31)30(20-7-9-22(26)23(27)15-20)19-10-12-29(13-11-19)16-17-6-8-21-18(14-17)4-3-5-24(21)28/h6-9,14-15,19,24H,2-5,10-13,16,28H2,1H3/t24-/m1/s1. The van der Waals surface area contributed by atoms with Crippen molar-refractivity contribution in [3.05, 3.63) is 64.7 Å². The molecule has 4 rings (SSSR count). The molecule has 166 valence electrons. The van der Waals surface area contributed by atoms with E-state index in [-0.39, 0.29) is 18.0 Å². The average Bonchev–Trinajstić information content (AvgIpc) is 2.77. The van der Waals surface area contributed by atoms with Crippen molar-refractivity contribution in [2.45, 2.75) is 64.1 Å². The first-order valence-corrected chi connectivity index (χ1v) is 11.3. The van der Waals surface area contributed by atoms with E-state index in [0.29, 0.717) is 12.1 Å². The second-order valence-electron chi connectivity index (χ2n) is 8.75. The second-order valence-corrected chi connectivity index (χ2v) is 8.75. The van der Waals surface area contributed by atoms with Crippen LogP contribution in [0.5, 0.6) is 0 Å². The van der Waals surface area contributed by atoms with Gasteiger partial charge in [0.25, 0.3) is 0 Å². The van der Waals surface area contributed by atoms with Crippen LogP contribution in [0.2, 0.25) is 0 Å². The van der Waals surface area contributed by atoms with Crippen LogP contribution in [0.4, 0.5) is 14.5 Å². The minimum atomic E-state index is -0.920. The van der Waals surface area contributed by atoms with E-state index in [0.717, 1.165) is 63.9 Å². The normalized spacial score (nSPS) is 19.8. The first-order valence-electron chi connectivity index (χ1n) is 11.3. The number of carbonyl (C=O) groups is 1. The molecule has 0 radical (unpaired) electrons.